The first kappa shape index (κ1) is 13.5. The average molecular weight is 403 g/mol. The van der Waals surface area contributed by atoms with Crippen LogP contribution in [0.1, 0.15) is 6.42 Å². The molecule has 1 saturated heterocycles. The first-order valence-corrected chi connectivity index (χ1v) is 6.49. The lowest BCUT2D eigenvalue weighted by Crippen LogP contribution is -2.26. The molecule has 0 bridgehead atoms. The van der Waals surface area contributed by atoms with Crippen LogP contribution in [-0.2, 0) is 0 Å². The third kappa shape index (κ3) is 3.22. The predicted octanol–water partition coefficient (Wildman–Crippen LogP) is 3.01. The van der Waals surface area contributed by atoms with E-state index >= 15 is 0 Å². The van der Waals surface area contributed by atoms with Crippen molar-refractivity contribution in [3.63, 3.8) is 0 Å². The van der Waals surface area contributed by atoms with Crippen molar-refractivity contribution >= 4 is 56.6 Å². The van der Waals surface area contributed by atoms with Gasteiger partial charge in [-0.1, -0.05) is 0 Å². The summed E-state index contributed by atoms with van der Waals surface area (Å²) in [5.41, 5.74) is 7.14. The summed E-state index contributed by atoms with van der Waals surface area (Å²) in [6.45, 7) is 2.06. The van der Waals surface area contributed by atoms with Crippen LogP contribution in [0.3, 0.4) is 0 Å². The number of rotatable bonds is 1. The monoisotopic (exact) mass is 402 g/mol. The normalized spacial score (nSPS) is 20.2. The Hall–Kier alpha value is 0.480. The van der Waals surface area contributed by atoms with Crippen LogP contribution in [0.15, 0.2) is 22.7 Å². The van der Waals surface area contributed by atoms with E-state index in [1.54, 1.807) is 0 Å². The second-order valence-electron chi connectivity index (χ2n) is 3.59. The van der Waals surface area contributed by atoms with Gasteiger partial charge in [0.05, 0.1) is 0 Å². The molecule has 84 valence electrons. The molecule has 1 aliphatic heterocycles. The average Bonchev–Trinajstić information content (AvgIpc) is 2.57. The minimum atomic E-state index is 0. The zero-order chi connectivity index (χ0) is 10.1. The Bertz CT molecular complexity index is 348. The molecule has 1 fully saturated rings. The summed E-state index contributed by atoms with van der Waals surface area (Å²) < 4.78 is 2.41. The number of hydrogen-bond acceptors (Lipinski definition) is 2. The van der Waals surface area contributed by atoms with Gasteiger partial charge in [0.25, 0.3) is 0 Å². The van der Waals surface area contributed by atoms with Crippen LogP contribution in [-0.4, -0.2) is 19.1 Å². The molecule has 2 N–H and O–H groups in total. The SMILES string of the molecule is Cl.NC1CCN(c2ccc(I)c(Br)c2)C1. The van der Waals surface area contributed by atoms with Gasteiger partial charge in [0.1, 0.15) is 0 Å². The molecule has 2 rings (SSSR count). The predicted molar refractivity (Wildman–Crippen MR) is 78.9 cm³/mol. The zero-order valence-corrected chi connectivity index (χ0v) is 12.7. The van der Waals surface area contributed by atoms with E-state index in [0.717, 1.165) is 24.0 Å². The summed E-state index contributed by atoms with van der Waals surface area (Å²) >= 11 is 5.86. The molecule has 1 heterocycles. The highest BCUT2D eigenvalue weighted by Gasteiger charge is 2.19. The Morgan fingerprint density at radius 3 is 2.73 bits per heavy atom. The first-order valence-electron chi connectivity index (χ1n) is 4.62. The number of halogens is 3. The molecule has 0 saturated carbocycles. The van der Waals surface area contributed by atoms with Crippen LogP contribution in [0.25, 0.3) is 0 Å². The van der Waals surface area contributed by atoms with Gasteiger partial charge in [-0.25, -0.2) is 0 Å². The summed E-state index contributed by atoms with van der Waals surface area (Å²) in [5.74, 6) is 0. The third-order valence-corrected chi connectivity index (χ3v) is 4.83. The van der Waals surface area contributed by atoms with E-state index < -0.39 is 0 Å². The molecule has 15 heavy (non-hydrogen) atoms. The van der Waals surface area contributed by atoms with Crippen molar-refractivity contribution in [1.29, 1.82) is 0 Å². The number of hydrogen-bond donors (Lipinski definition) is 1. The van der Waals surface area contributed by atoms with E-state index in [2.05, 4.69) is 61.6 Å². The molecule has 0 spiro atoms. The van der Waals surface area contributed by atoms with Crippen molar-refractivity contribution in [3.05, 3.63) is 26.2 Å². The number of anilines is 1. The van der Waals surface area contributed by atoms with Crippen molar-refractivity contribution < 1.29 is 0 Å². The topological polar surface area (TPSA) is 29.3 Å². The highest BCUT2D eigenvalue weighted by atomic mass is 127. The molecule has 0 amide bonds. The van der Waals surface area contributed by atoms with Gasteiger partial charge >= 0.3 is 0 Å². The fraction of sp³-hybridized carbons (Fsp3) is 0.400. The maximum atomic E-state index is 5.88. The van der Waals surface area contributed by atoms with Gasteiger partial charge in [-0.15, -0.1) is 12.4 Å². The minimum absolute atomic E-state index is 0. The number of benzene rings is 1. The summed E-state index contributed by atoms with van der Waals surface area (Å²) in [7, 11) is 0. The summed E-state index contributed by atoms with van der Waals surface area (Å²) in [6, 6.07) is 6.79. The Balaban J connectivity index is 0.00000112. The van der Waals surface area contributed by atoms with E-state index in [1.165, 1.54) is 9.26 Å². The summed E-state index contributed by atoms with van der Waals surface area (Å²) in [4.78, 5) is 2.34. The molecule has 1 aromatic carbocycles. The smallest absolute Gasteiger partial charge is 0.0378 e. The van der Waals surface area contributed by atoms with Crippen LogP contribution in [0, 0.1) is 3.57 Å². The Labute approximate surface area is 118 Å². The third-order valence-electron chi connectivity index (χ3n) is 2.49. The van der Waals surface area contributed by atoms with E-state index in [1.807, 2.05) is 0 Å². The van der Waals surface area contributed by atoms with Crippen LogP contribution < -0.4 is 10.6 Å². The van der Waals surface area contributed by atoms with E-state index in [9.17, 15) is 0 Å². The van der Waals surface area contributed by atoms with Gasteiger partial charge in [-0.2, -0.15) is 0 Å². The van der Waals surface area contributed by atoms with Gasteiger partial charge in [0.15, 0.2) is 0 Å². The molecular formula is C10H13BrClIN2. The lowest BCUT2D eigenvalue weighted by atomic mass is 10.3. The molecule has 0 aromatic heterocycles. The molecule has 1 atom stereocenters. The minimum Gasteiger partial charge on any atom is -0.370 e. The second-order valence-corrected chi connectivity index (χ2v) is 5.61. The van der Waals surface area contributed by atoms with E-state index in [-0.39, 0.29) is 12.4 Å². The molecule has 2 nitrogen and oxygen atoms in total. The Morgan fingerprint density at radius 1 is 1.47 bits per heavy atom. The highest BCUT2D eigenvalue weighted by Crippen LogP contribution is 2.27. The van der Waals surface area contributed by atoms with Crippen molar-refractivity contribution in [1.82, 2.24) is 0 Å². The molecular weight excluding hydrogens is 390 g/mol. The van der Waals surface area contributed by atoms with E-state index in [0.29, 0.717) is 6.04 Å². The van der Waals surface area contributed by atoms with Crippen LogP contribution in [0.5, 0.6) is 0 Å². The summed E-state index contributed by atoms with van der Waals surface area (Å²) in [5, 5.41) is 0. The van der Waals surface area contributed by atoms with Crippen molar-refractivity contribution in [2.24, 2.45) is 5.73 Å². The van der Waals surface area contributed by atoms with E-state index in [4.69, 9.17) is 5.73 Å². The second kappa shape index (κ2) is 5.70. The molecule has 0 aliphatic carbocycles. The molecule has 1 aliphatic rings. The first-order chi connectivity index (χ1) is 6.66. The molecule has 0 radical (unpaired) electrons. The largest absolute Gasteiger partial charge is 0.370 e. The van der Waals surface area contributed by atoms with Crippen molar-refractivity contribution in [2.75, 3.05) is 18.0 Å². The fourth-order valence-electron chi connectivity index (χ4n) is 1.70. The van der Waals surface area contributed by atoms with Gasteiger partial charge in [-0.05, 0) is 63.1 Å². The maximum Gasteiger partial charge on any atom is 0.0378 e. The van der Waals surface area contributed by atoms with Gasteiger partial charge in [-0.3, -0.25) is 0 Å². The summed E-state index contributed by atoms with van der Waals surface area (Å²) in [6.07, 6.45) is 1.10. The highest BCUT2D eigenvalue weighted by molar-refractivity contribution is 14.1. The van der Waals surface area contributed by atoms with Crippen LogP contribution >= 0.6 is 50.9 Å². The standard InChI is InChI=1S/C10H12BrIN2.ClH/c11-9-5-8(1-2-10(9)12)14-4-3-7(13)6-14;/h1-2,5,7H,3-4,6,13H2;1H. The number of nitrogens with two attached hydrogens (primary N) is 1. The molecule has 1 unspecified atom stereocenters. The number of nitrogens with zero attached hydrogens (tertiary/aromatic N) is 1. The lowest BCUT2D eigenvalue weighted by Gasteiger charge is -2.18. The van der Waals surface area contributed by atoms with Gasteiger partial charge in [0.2, 0.25) is 0 Å². The van der Waals surface area contributed by atoms with Crippen LogP contribution in [0.2, 0.25) is 0 Å². The van der Waals surface area contributed by atoms with Gasteiger partial charge < -0.3 is 10.6 Å². The van der Waals surface area contributed by atoms with Crippen molar-refractivity contribution in [2.45, 2.75) is 12.5 Å². The quantitative estimate of drug-likeness (QED) is 0.731. The van der Waals surface area contributed by atoms with Crippen molar-refractivity contribution in [3.8, 4) is 0 Å². The fourth-order valence-corrected chi connectivity index (χ4v) is 2.41. The Morgan fingerprint density at radius 2 is 2.20 bits per heavy atom. The lowest BCUT2D eigenvalue weighted by molar-refractivity contribution is 0.752. The molecule has 5 heteroatoms. The van der Waals surface area contributed by atoms with Crippen LogP contribution in [0.4, 0.5) is 5.69 Å². The molecule has 1 aromatic rings. The maximum absolute atomic E-state index is 5.88. The van der Waals surface area contributed by atoms with Gasteiger partial charge in [0, 0.05) is 32.9 Å². The Kier molecular flexibility index (Phi) is 5.15. The zero-order valence-electron chi connectivity index (χ0n) is 8.12.